The van der Waals surface area contributed by atoms with Crippen molar-refractivity contribution in [3.63, 3.8) is 0 Å². The fourth-order valence-electron chi connectivity index (χ4n) is 7.45. The second kappa shape index (κ2) is 20.4. The SMILES string of the molecule is O=C(OC[C@@H]1C[C@@H](OC(=O)c2ccc(-c3ccc(C(=O)O[C@H]4[C@@H](OC(=O)c5ccccc5)[C@H](n5ccc(NO)nc5=O)O[C@@H]4CO)cc3)cc2)[C@H](n2ccc(NO)nc2=O)O1)c1ccccc1. The molecule has 2 aliphatic rings. The number of carbonyl (C=O) groups is 4. The molecule has 2 saturated heterocycles. The van der Waals surface area contributed by atoms with Crippen molar-refractivity contribution in [3.05, 3.63) is 177 Å². The topological polar surface area (TPSA) is 278 Å². The molecule has 0 spiro atoms. The zero-order valence-electron chi connectivity index (χ0n) is 34.9. The van der Waals surface area contributed by atoms with E-state index >= 15 is 0 Å². The highest BCUT2D eigenvalue weighted by Gasteiger charge is 2.51. The highest BCUT2D eigenvalue weighted by atomic mass is 16.7. The van der Waals surface area contributed by atoms with Crippen LogP contribution in [0.5, 0.6) is 0 Å². The van der Waals surface area contributed by atoms with E-state index in [4.69, 9.17) is 28.4 Å². The quantitative estimate of drug-likeness (QED) is 0.0557. The van der Waals surface area contributed by atoms with Crippen molar-refractivity contribution in [1.82, 2.24) is 19.1 Å². The van der Waals surface area contributed by atoms with Crippen LogP contribution in [0.15, 0.2) is 143 Å². The fourth-order valence-corrected chi connectivity index (χ4v) is 7.45. The number of nitrogens with zero attached hydrogens (tertiary/aromatic N) is 4. The molecular weight excluding hydrogens is 877 g/mol. The molecule has 2 aliphatic heterocycles. The Morgan fingerprint density at radius 3 is 1.54 bits per heavy atom. The molecule has 4 heterocycles. The summed E-state index contributed by atoms with van der Waals surface area (Å²) in [6.07, 6.45) is -5.85. The Balaban J connectivity index is 0.945. The van der Waals surface area contributed by atoms with Gasteiger partial charge in [0.1, 0.15) is 18.8 Å². The number of aromatic nitrogens is 4. The molecule has 67 heavy (non-hydrogen) atoms. The Hall–Kier alpha value is -8.08. The number of hydrogen-bond donors (Lipinski definition) is 5. The van der Waals surface area contributed by atoms with Gasteiger partial charge in [-0.15, -0.1) is 0 Å². The number of anilines is 2. The minimum Gasteiger partial charge on any atom is -0.459 e. The van der Waals surface area contributed by atoms with Gasteiger partial charge in [0, 0.05) is 18.8 Å². The first-order valence-electron chi connectivity index (χ1n) is 20.5. The molecule has 4 aromatic carbocycles. The van der Waals surface area contributed by atoms with E-state index in [1.54, 1.807) is 83.8 Å². The van der Waals surface area contributed by atoms with Crippen LogP contribution in [0.3, 0.4) is 0 Å². The van der Waals surface area contributed by atoms with Gasteiger partial charge in [-0.2, -0.15) is 9.97 Å². The second-order valence-electron chi connectivity index (χ2n) is 15.0. The zero-order valence-corrected chi connectivity index (χ0v) is 34.9. The van der Waals surface area contributed by atoms with Gasteiger partial charge in [0.05, 0.1) is 35.0 Å². The molecule has 0 unspecified atom stereocenters. The molecule has 6 aromatic rings. The predicted molar refractivity (Wildman–Crippen MR) is 230 cm³/mol. The third-order valence-corrected chi connectivity index (χ3v) is 10.8. The van der Waals surface area contributed by atoms with E-state index in [0.717, 1.165) is 9.13 Å². The van der Waals surface area contributed by atoms with E-state index in [0.29, 0.717) is 16.7 Å². The number of aliphatic hydroxyl groups is 1. The Kier molecular flexibility index (Phi) is 13.8. The number of hydrogen-bond acceptors (Lipinski definition) is 19. The van der Waals surface area contributed by atoms with Gasteiger partial charge in [-0.05, 0) is 71.8 Å². The van der Waals surface area contributed by atoms with E-state index in [1.165, 1.54) is 60.9 Å². The smallest absolute Gasteiger partial charge is 0.351 e. The lowest BCUT2D eigenvalue weighted by molar-refractivity contribution is -0.0630. The first-order chi connectivity index (χ1) is 32.5. The Morgan fingerprint density at radius 2 is 1.04 bits per heavy atom. The Labute approximate surface area is 378 Å². The van der Waals surface area contributed by atoms with Crippen LogP contribution < -0.4 is 22.3 Å². The van der Waals surface area contributed by atoms with E-state index in [2.05, 4.69) is 9.97 Å². The molecule has 7 atom stereocenters. The lowest BCUT2D eigenvalue weighted by Crippen LogP contribution is -2.42. The summed E-state index contributed by atoms with van der Waals surface area (Å²) in [5.74, 6) is -3.30. The Morgan fingerprint density at radius 1 is 0.582 bits per heavy atom. The van der Waals surface area contributed by atoms with Gasteiger partial charge in [0.2, 0.25) is 0 Å². The lowest BCUT2D eigenvalue weighted by Gasteiger charge is -2.24. The molecule has 0 aliphatic carbocycles. The molecule has 0 amide bonds. The maximum atomic E-state index is 13.6. The van der Waals surface area contributed by atoms with E-state index < -0.39 is 84.8 Å². The second-order valence-corrected chi connectivity index (χ2v) is 15.0. The number of aliphatic hydroxyl groups excluding tert-OH is 1. The average Bonchev–Trinajstić information content (AvgIpc) is 3.92. The fraction of sp³-hybridized carbons (Fsp3) is 0.217. The largest absolute Gasteiger partial charge is 0.459 e. The van der Waals surface area contributed by atoms with Crippen molar-refractivity contribution >= 4 is 35.5 Å². The molecule has 21 heteroatoms. The summed E-state index contributed by atoms with van der Waals surface area (Å²) in [4.78, 5) is 86.3. The van der Waals surface area contributed by atoms with Crippen LogP contribution in [0.1, 0.15) is 60.3 Å². The third kappa shape index (κ3) is 10.3. The van der Waals surface area contributed by atoms with Crippen LogP contribution >= 0.6 is 0 Å². The monoisotopic (exact) mass is 916 g/mol. The van der Waals surface area contributed by atoms with Crippen molar-refractivity contribution in [2.24, 2.45) is 0 Å². The normalized spacial score (nSPS) is 20.9. The summed E-state index contributed by atoms with van der Waals surface area (Å²) >= 11 is 0. The lowest BCUT2D eigenvalue weighted by atomic mass is 10.0. The highest BCUT2D eigenvalue weighted by molar-refractivity contribution is 5.92. The van der Waals surface area contributed by atoms with Crippen LogP contribution in [-0.4, -0.2) is 102 Å². The van der Waals surface area contributed by atoms with Gasteiger partial charge in [0.25, 0.3) is 0 Å². The minimum absolute atomic E-state index is 0.0565. The predicted octanol–water partition coefficient (Wildman–Crippen LogP) is 3.78. The van der Waals surface area contributed by atoms with Gasteiger partial charge < -0.3 is 33.5 Å². The summed E-state index contributed by atoms with van der Waals surface area (Å²) in [6.45, 7) is -0.892. The van der Waals surface area contributed by atoms with Crippen molar-refractivity contribution in [2.45, 2.75) is 49.4 Å². The first kappa shape index (κ1) is 45.5. The summed E-state index contributed by atoms with van der Waals surface area (Å²) in [6, 6.07) is 31.4. The van der Waals surface area contributed by atoms with Gasteiger partial charge in [-0.3, -0.25) is 30.5 Å². The van der Waals surface area contributed by atoms with Crippen molar-refractivity contribution in [3.8, 4) is 11.1 Å². The number of benzene rings is 4. The standard InChI is InChI=1S/C46H40N6O15/c53-24-34-37(38(67-43(56)29-9-5-2-6-10-29)40(64-34)52-22-20-36(50-61)48-46(52)59)66-44(57)31-17-13-27(14-18-31)26-11-15-30(16-12-26)42(55)65-33-23-32(25-62-41(54)28-7-3-1-4-8-28)63-39(33)51-21-19-35(49-60)47-45(51)58/h1-22,32-34,37-40,53,60-61H,23-25H2,(H,47,49,58)(H,48,50,59)/t32-,33+,34+,37+,38+,39+,40+/m0/s1. The summed E-state index contributed by atoms with van der Waals surface area (Å²) in [5.41, 5.74) is 3.86. The molecule has 0 saturated carbocycles. The van der Waals surface area contributed by atoms with Crippen LogP contribution in [0.2, 0.25) is 0 Å². The number of ether oxygens (including phenoxy) is 6. The molecule has 2 fully saturated rings. The average molecular weight is 917 g/mol. The highest BCUT2D eigenvalue weighted by Crippen LogP contribution is 2.35. The number of nitrogens with one attached hydrogen (secondary N) is 2. The van der Waals surface area contributed by atoms with Gasteiger partial charge in [0.15, 0.2) is 36.3 Å². The molecule has 344 valence electrons. The van der Waals surface area contributed by atoms with Crippen LogP contribution in [0.25, 0.3) is 11.1 Å². The molecule has 0 bridgehead atoms. The molecule has 8 rings (SSSR count). The van der Waals surface area contributed by atoms with Crippen molar-refractivity contribution in [1.29, 1.82) is 0 Å². The summed E-state index contributed by atoms with van der Waals surface area (Å²) in [5, 5.41) is 28.7. The van der Waals surface area contributed by atoms with Crippen molar-refractivity contribution in [2.75, 3.05) is 24.2 Å². The first-order valence-corrected chi connectivity index (χ1v) is 20.5. The minimum atomic E-state index is -1.44. The van der Waals surface area contributed by atoms with Crippen LogP contribution in [0, 0.1) is 0 Å². The number of rotatable bonds is 15. The molecule has 2 aromatic heterocycles. The summed E-state index contributed by atoms with van der Waals surface area (Å²) in [7, 11) is 0. The van der Waals surface area contributed by atoms with Crippen LogP contribution in [0.4, 0.5) is 11.6 Å². The molecule has 0 radical (unpaired) electrons. The maximum Gasteiger partial charge on any atom is 0.351 e. The Bertz CT molecular complexity index is 2840. The maximum absolute atomic E-state index is 13.6. The zero-order chi connectivity index (χ0) is 47.0. The van der Waals surface area contributed by atoms with E-state index in [9.17, 15) is 44.3 Å². The third-order valence-electron chi connectivity index (χ3n) is 10.8. The van der Waals surface area contributed by atoms with E-state index in [-0.39, 0.29) is 41.4 Å². The van der Waals surface area contributed by atoms with Gasteiger partial charge >= 0.3 is 35.3 Å². The molecule has 5 N–H and O–H groups in total. The number of esters is 4. The summed E-state index contributed by atoms with van der Waals surface area (Å²) < 4.78 is 37.0. The van der Waals surface area contributed by atoms with Gasteiger partial charge in [-0.1, -0.05) is 60.7 Å². The number of carbonyl (C=O) groups excluding carboxylic acids is 4. The van der Waals surface area contributed by atoms with E-state index in [1.807, 2.05) is 0 Å². The van der Waals surface area contributed by atoms with Crippen LogP contribution in [-0.2, 0) is 28.4 Å². The molecular formula is C46H40N6O15. The molecule has 21 nitrogen and oxygen atoms in total. The van der Waals surface area contributed by atoms with Gasteiger partial charge in [-0.25, -0.2) is 28.8 Å². The van der Waals surface area contributed by atoms with Crippen molar-refractivity contribution < 1.29 is 63.1 Å².